The molecule has 9 heteroatoms. The van der Waals surface area contributed by atoms with Crippen LogP contribution < -0.4 is 26.3 Å². The molecular formula is C24H33ClN4O4. The third kappa shape index (κ3) is 6.22. The van der Waals surface area contributed by atoms with Crippen LogP contribution in [0, 0.1) is 20.8 Å². The van der Waals surface area contributed by atoms with Gasteiger partial charge in [0.1, 0.15) is 22.8 Å². The minimum absolute atomic E-state index is 0. The van der Waals surface area contributed by atoms with Gasteiger partial charge in [0.2, 0.25) is 0 Å². The van der Waals surface area contributed by atoms with Crippen LogP contribution in [0.5, 0.6) is 17.2 Å². The predicted molar refractivity (Wildman–Crippen MR) is 132 cm³/mol. The van der Waals surface area contributed by atoms with Crippen LogP contribution in [-0.4, -0.2) is 35.7 Å². The molecule has 0 saturated heterocycles. The van der Waals surface area contributed by atoms with Gasteiger partial charge in [-0.1, -0.05) is 0 Å². The van der Waals surface area contributed by atoms with Crippen molar-refractivity contribution in [2.24, 2.45) is 16.5 Å². The number of fused-ring (bicyclic) bond motifs is 1. The molecule has 0 radical (unpaired) electrons. The molecule has 1 amide bonds. The Balaban J connectivity index is 0.00000385. The smallest absolute Gasteiger partial charge is 0.257 e. The summed E-state index contributed by atoms with van der Waals surface area (Å²) in [5, 5.41) is 13.2. The number of hydrogen-bond acceptors (Lipinski definition) is 5. The molecule has 0 spiro atoms. The van der Waals surface area contributed by atoms with Crippen LogP contribution in [0.2, 0.25) is 0 Å². The second-order valence-electron chi connectivity index (χ2n) is 8.50. The van der Waals surface area contributed by atoms with Gasteiger partial charge >= 0.3 is 0 Å². The summed E-state index contributed by atoms with van der Waals surface area (Å²) in [6, 6.07) is 6.81. The van der Waals surface area contributed by atoms with Crippen molar-refractivity contribution in [3.05, 3.63) is 46.5 Å². The van der Waals surface area contributed by atoms with Crippen LogP contribution in [0.15, 0.2) is 29.3 Å². The monoisotopic (exact) mass is 476 g/mol. The first kappa shape index (κ1) is 26.1. The first-order chi connectivity index (χ1) is 15.1. The van der Waals surface area contributed by atoms with Gasteiger partial charge in [0.05, 0.1) is 5.69 Å². The standard InChI is InChI=1S/C24H32N4O4.ClH/c1-14-15(2)22-19(16(3)21(14)30)9-10-24(4,32-22)11-12-27-20(29)13-31-18-7-5-17(6-8-18)28-23(25)26;/h5-8,30H,9-13H2,1-4H3,(H,27,29)(H4,25,26,28);1H. The van der Waals surface area contributed by atoms with E-state index in [9.17, 15) is 9.90 Å². The average Bonchev–Trinajstić information content (AvgIpc) is 2.75. The van der Waals surface area contributed by atoms with Crippen LogP contribution in [-0.2, 0) is 11.2 Å². The lowest BCUT2D eigenvalue weighted by Gasteiger charge is -2.38. The van der Waals surface area contributed by atoms with Crippen LogP contribution in [0.4, 0.5) is 5.69 Å². The van der Waals surface area contributed by atoms with Gasteiger partial charge in [-0.15, -0.1) is 12.4 Å². The summed E-state index contributed by atoms with van der Waals surface area (Å²) in [4.78, 5) is 16.1. The maximum Gasteiger partial charge on any atom is 0.257 e. The highest BCUT2D eigenvalue weighted by atomic mass is 35.5. The number of aromatic hydroxyl groups is 1. The Hall–Kier alpha value is -3.13. The quantitative estimate of drug-likeness (QED) is 0.358. The van der Waals surface area contributed by atoms with E-state index in [0.717, 1.165) is 40.8 Å². The number of amides is 1. The molecule has 1 aliphatic heterocycles. The Kier molecular flexibility index (Phi) is 8.44. The van der Waals surface area contributed by atoms with Gasteiger partial charge in [0.15, 0.2) is 12.6 Å². The van der Waals surface area contributed by atoms with Crippen LogP contribution in [0.3, 0.4) is 0 Å². The molecule has 1 heterocycles. The molecule has 1 unspecified atom stereocenters. The SMILES string of the molecule is Cc1c(C)c2c(c(C)c1O)CCC(C)(CCNC(=O)COc1ccc(N=C(N)N)cc1)O2.Cl. The second kappa shape index (κ2) is 10.7. The molecule has 33 heavy (non-hydrogen) atoms. The summed E-state index contributed by atoms with van der Waals surface area (Å²) in [5.74, 6) is 1.55. The molecule has 1 aliphatic rings. The number of nitrogens with two attached hydrogens (primary N) is 2. The Bertz CT molecular complexity index is 1040. The van der Waals surface area contributed by atoms with E-state index < -0.39 is 0 Å². The van der Waals surface area contributed by atoms with E-state index in [1.54, 1.807) is 24.3 Å². The summed E-state index contributed by atoms with van der Waals surface area (Å²) < 4.78 is 11.9. The molecule has 2 aromatic carbocycles. The Morgan fingerprint density at radius 2 is 1.85 bits per heavy atom. The summed E-state index contributed by atoms with van der Waals surface area (Å²) >= 11 is 0. The van der Waals surface area contributed by atoms with E-state index in [0.29, 0.717) is 30.2 Å². The molecule has 0 fully saturated rings. The van der Waals surface area contributed by atoms with Crippen molar-refractivity contribution < 1.29 is 19.4 Å². The first-order valence-electron chi connectivity index (χ1n) is 10.7. The highest BCUT2D eigenvalue weighted by Gasteiger charge is 2.34. The number of ether oxygens (including phenoxy) is 2. The van der Waals surface area contributed by atoms with E-state index >= 15 is 0 Å². The molecule has 2 aromatic rings. The summed E-state index contributed by atoms with van der Waals surface area (Å²) in [6.45, 7) is 8.27. The minimum Gasteiger partial charge on any atom is -0.507 e. The van der Waals surface area contributed by atoms with E-state index in [-0.39, 0.29) is 36.5 Å². The topological polar surface area (TPSA) is 132 Å². The van der Waals surface area contributed by atoms with Crippen molar-refractivity contribution in [3.8, 4) is 17.2 Å². The molecule has 180 valence electrons. The normalized spacial score (nSPS) is 16.6. The number of benzene rings is 2. The Morgan fingerprint density at radius 3 is 2.48 bits per heavy atom. The molecule has 0 bridgehead atoms. The van der Waals surface area contributed by atoms with Crippen molar-refractivity contribution in [1.82, 2.24) is 5.32 Å². The molecule has 0 aliphatic carbocycles. The third-order valence-electron chi connectivity index (χ3n) is 6.03. The number of nitrogens with zero attached hydrogens (tertiary/aromatic N) is 1. The summed E-state index contributed by atoms with van der Waals surface area (Å²) in [7, 11) is 0. The largest absolute Gasteiger partial charge is 0.507 e. The van der Waals surface area contributed by atoms with Crippen molar-refractivity contribution in [2.75, 3.05) is 13.2 Å². The second-order valence-corrected chi connectivity index (χ2v) is 8.50. The molecule has 1 atom stereocenters. The van der Waals surface area contributed by atoms with Crippen molar-refractivity contribution >= 4 is 30.0 Å². The number of guanidine groups is 1. The Morgan fingerprint density at radius 1 is 1.18 bits per heavy atom. The number of phenols is 1. The molecule has 0 saturated carbocycles. The lowest BCUT2D eigenvalue weighted by Crippen LogP contribution is -2.41. The van der Waals surface area contributed by atoms with Gasteiger partial charge in [-0.25, -0.2) is 4.99 Å². The number of halogens is 1. The van der Waals surface area contributed by atoms with Crippen molar-refractivity contribution in [1.29, 1.82) is 0 Å². The molecule has 0 aromatic heterocycles. The molecular weight excluding hydrogens is 444 g/mol. The fourth-order valence-electron chi connectivity index (χ4n) is 3.90. The number of carbonyl (C=O) groups excluding carboxylic acids is 1. The van der Waals surface area contributed by atoms with Crippen LogP contribution >= 0.6 is 12.4 Å². The van der Waals surface area contributed by atoms with E-state index in [1.165, 1.54) is 0 Å². The van der Waals surface area contributed by atoms with Crippen LogP contribution in [0.25, 0.3) is 0 Å². The van der Waals surface area contributed by atoms with Gasteiger partial charge in [-0.05, 0) is 81.5 Å². The van der Waals surface area contributed by atoms with E-state index in [2.05, 4.69) is 17.2 Å². The lowest BCUT2D eigenvalue weighted by atomic mass is 9.85. The third-order valence-corrected chi connectivity index (χ3v) is 6.03. The molecule has 3 rings (SSSR count). The number of nitrogens with one attached hydrogen (secondary N) is 1. The fraction of sp³-hybridized carbons (Fsp3) is 0.417. The number of rotatable bonds is 7. The number of carbonyl (C=O) groups is 1. The van der Waals surface area contributed by atoms with Crippen molar-refractivity contribution in [3.63, 3.8) is 0 Å². The minimum atomic E-state index is -0.386. The number of aliphatic imine (C=N–C) groups is 1. The summed E-state index contributed by atoms with van der Waals surface area (Å²) in [5.41, 5.74) is 14.7. The average molecular weight is 477 g/mol. The highest BCUT2D eigenvalue weighted by Crippen LogP contribution is 2.43. The highest BCUT2D eigenvalue weighted by molar-refractivity contribution is 5.85. The lowest BCUT2D eigenvalue weighted by molar-refractivity contribution is -0.123. The Labute approximate surface area is 200 Å². The molecule has 8 nitrogen and oxygen atoms in total. The number of hydrogen-bond donors (Lipinski definition) is 4. The fourth-order valence-corrected chi connectivity index (χ4v) is 3.90. The zero-order chi connectivity index (χ0) is 23.5. The predicted octanol–water partition coefficient (Wildman–Crippen LogP) is 3.31. The number of phenolic OH excluding ortho intramolecular Hbond substituents is 1. The maximum atomic E-state index is 12.2. The maximum absolute atomic E-state index is 12.2. The van der Waals surface area contributed by atoms with E-state index in [4.69, 9.17) is 20.9 Å². The van der Waals surface area contributed by atoms with Gasteiger partial charge in [-0.2, -0.15) is 0 Å². The summed E-state index contributed by atoms with van der Waals surface area (Å²) in [6.07, 6.45) is 2.32. The van der Waals surface area contributed by atoms with Crippen LogP contribution in [0.1, 0.15) is 42.0 Å². The zero-order valence-corrected chi connectivity index (χ0v) is 20.3. The van der Waals surface area contributed by atoms with E-state index in [1.807, 2.05) is 20.8 Å². The van der Waals surface area contributed by atoms with Crippen molar-refractivity contribution in [2.45, 2.75) is 52.6 Å². The zero-order valence-electron chi connectivity index (χ0n) is 19.5. The van der Waals surface area contributed by atoms with Gasteiger partial charge < -0.3 is 31.4 Å². The van der Waals surface area contributed by atoms with Gasteiger partial charge in [0.25, 0.3) is 5.91 Å². The first-order valence-corrected chi connectivity index (χ1v) is 10.7. The molecule has 6 N–H and O–H groups in total. The van der Waals surface area contributed by atoms with Gasteiger partial charge in [-0.3, -0.25) is 4.79 Å². The van der Waals surface area contributed by atoms with Gasteiger partial charge in [0, 0.05) is 18.5 Å².